The topological polar surface area (TPSA) is 73.0 Å². The van der Waals surface area contributed by atoms with Gasteiger partial charge in [0.15, 0.2) is 0 Å². The highest BCUT2D eigenvalue weighted by molar-refractivity contribution is 5.94. The molecule has 1 aromatic carbocycles. The van der Waals surface area contributed by atoms with Gasteiger partial charge in [0.25, 0.3) is 5.91 Å². The summed E-state index contributed by atoms with van der Waals surface area (Å²) in [4.78, 5) is 12.4. The van der Waals surface area contributed by atoms with E-state index >= 15 is 0 Å². The van der Waals surface area contributed by atoms with Gasteiger partial charge >= 0.3 is 0 Å². The molecule has 6 heteroatoms. The smallest absolute Gasteiger partial charge is 0.251 e. The molecule has 6 nitrogen and oxygen atoms in total. The normalized spacial score (nSPS) is 29.3. The van der Waals surface area contributed by atoms with Crippen molar-refractivity contribution in [3.8, 4) is 5.69 Å². The van der Waals surface area contributed by atoms with E-state index in [1.54, 1.807) is 6.26 Å². The van der Waals surface area contributed by atoms with Crippen molar-refractivity contribution in [1.29, 1.82) is 0 Å². The summed E-state index contributed by atoms with van der Waals surface area (Å²) >= 11 is 0. The third-order valence-corrected chi connectivity index (χ3v) is 7.51. The minimum Gasteiger partial charge on any atom is -0.467 e. The molecule has 1 amide bonds. The van der Waals surface area contributed by atoms with Crippen LogP contribution in [0.2, 0.25) is 0 Å². The largest absolute Gasteiger partial charge is 0.467 e. The zero-order valence-corrected chi connectivity index (χ0v) is 17.0. The highest BCUT2D eigenvalue weighted by Gasteiger charge is 2.53. The Labute approximate surface area is 175 Å². The van der Waals surface area contributed by atoms with Gasteiger partial charge in [-0.3, -0.25) is 4.79 Å². The zero-order chi connectivity index (χ0) is 20.1. The van der Waals surface area contributed by atoms with Crippen LogP contribution in [-0.4, -0.2) is 20.9 Å². The van der Waals surface area contributed by atoms with E-state index in [9.17, 15) is 4.79 Å². The van der Waals surface area contributed by atoms with E-state index < -0.39 is 0 Å². The number of carbonyl (C=O) groups excluding carboxylic acids is 1. The Morgan fingerprint density at radius 1 is 1.07 bits per heavy atom. The highest BCUT2D eigenvalue weighted by atomic mass is 16.3. The molecule has 4 saturated carbocycles. The molecule has 2 heterocycles. The molecule has 1 N–H and O–H groups in total. The SMILES string of the molecule is O=C(NCc1ccco1)c1ccc(-n2nncc2C23CC4CC(CC(C4)C2)C3)cc1. The number of carbonyl (C=O) groups is 1. The van der Waals surface area contributed by atoms with Crippen molar-refractivity contribution in [3.63, 3.8) is 0 Å². The lowest BCUT2D eigenvalue weighted by atomic mass is 9.49. The maximum atomic E-state index is 12.4. The molecule has 0 atom stereocenters. The number of nitrogens with one attached hydrogen (secondary N) is 1. The second-order valence-electron chi connectivity index (χ2n) is 9.54. The lowest BCUT2D eigenvalue weighted by Gasteiger charge is -2.56. The Bertz CT molecular complexity index is 1020. The van der Waals surface area contributed by atoms with Crippen LogP contribution in [0.4, 0.5) is 0 Å². The minimum atomic E-state index is -0.113. The van der Waals surface area contributed by atoms with Gasteiger partial charge in [-0.05, 0) is 92.7 Å². The predicted molar refractivity (Wildman–Crippen MR) is 111 cm³/mol. The number of rotatable bonds is 5. The summed E-state index contributed by atoms with van der Waals surface area (Å²) in [5.74, 6) is 3.25. The highest BCUT2D eigenvalue weighted by Crippen LogP contribution is 2.60. The Morgan fingerprint density at radius 2 is 1.77 bits per heavy atom. The number of hydrogen-bond donors (Lipinski definition) is 1. The molecular formula is C24H26N4O2. The van der Waals surface area contributed by atoms with E-state index in [0.29, 0.717) is 12.1 Å². The fraction of sp³-hybridized carbons (Fsp3) is 0.458. The summed E-state index contributed by atoms with van der Waals surface area (Å²) in [6.45, 7) is 0.382. The summed E-state index contributed by atoms with van der Waals surface area (Å²) in [6.07, 6.45) is 11.7. The van der Waals surface area contributed by atoms with Crippen molar-refractivity contribution in [3.05, 3.63) is 65.9 Å². The lowest BCUT2D eigenvalue weighted by Crippen LogP contribution is -2.49. The van der Waals surface area contributed by atoms with E-state index in [1.165, 1.54) is 44.2 Å². The number of nitrogens with zero attached hydrogens (tertiary/aromatic N) is 3. The van der Waals surface area contributed by atoms with E-state index in [2.05, 4.69) is 15.6 Å². The molecule has 0 radical (unpaired) electrons. The third-order valence-electron chi connectivity index (χ3n) is 7.51. The Balaban J connectivity index is 1.23. The van der Waals surface area contributed by atoms with Crippen molar-refractivity contribution in [2.45, 2.75) is 50.5 Å². The Hall–Kier alpha value is -2.89. The molecule has 7 rings (SSSR count). The van der Waals surface area contributed by atoms with Gasteiger partial charge in [0, 0.05) is 11.0 Å². The number of hydrogen-bond acceptors (Lipinski definition) is 4. The maximum Gasteiger partial charge on any atom is 0.251 e. The van der Waals surface area contributed by atoms with Crippen molar-refractivity contribution in [2.75, 3.05) is 0 Å². The first kappa shape index (κ1) is 17.9. The molecule has 0 spiro atoms. The monoisotopic (exact) mass is 402 g/mol. The van der Waals surface area contributed by atoms with Crippen LogP contribution >= 0.6 is 0 Å². The van der Waals surface area contributed by atoms with Crippen LogP contribution in [0.1, 0.15) is 60.3 Å². The van der Waals surface area contributed by atoms with Crippen LogP contribution in [0.5, 0.6) is 0 Å². The van der Waals surface area contributed by atoms with Crippen molar-refractivity contribution < 1.29 is 9.21 Å². The summed E-state index contributed by atoms with van der Waals surface area (Å²) in [6, 6.07) is 11.3. The quantitative estimate of drug-likeness (QED) is 0.692. The van der Waals surface area contributed by atoms with Crippen molar-refractivity contribution in [2.24, 2.45) is 17.8 Å². The van der Waals surface area contributed by atoms with Gasteiger partial charge in [-0.25, -0.2) is 4.68 Å². The number of aromatic nitrogens is 3. The summed E-state index contributed by atoms with van der Waals surface area (Å²) in [5.41, 5.74) is 3.09. The second-order valence-corrected chi connectivity index (χ2v) is 9.54. The van der Waals surface area contributed by atoms with Crippen LogP contribution in [0.15, 0.2) is 53.3 Å². The molecule has 3 aromatic rings. The predicted octanol–water partition coefficient (Wildman–Crippen LogP) is 4.26. The molecule has 2 aromatic heterocycles. The van der Waals surface area contributed by atoms with Crippen LogP contribution in [0.25, 0.3) is 5.69 Å². The molecule has 154 valence electrons. The van der Waals surface area contributed by atoms with Crippen molar-refractivity contribution >= 4 is 5.91 Å². The fourth-order valence-electron chi connectivity index (χ4n) is 6.65. The summed E-state index contributed by atoms with van der Waals surface area (Å²) in [7, 11) is 0. The van der Waals surface area contributed by atoms with E-state index in [-0.39, 0.29) is 11.3 Å². The number of benzene rings is 1. The van der Waals surface area contributed by atoms with Gasteiger partial charge in [-0.2, -0.15) is 0 Å². The third kappa shape index (κ3) is 2.97. The molecule has 4 fully saturated rings. The van der Waals surface area contributed by atoms with Crippen LogP contribution in [0, 0.1) is 17.8 Å². The molecule has 0 aliphatic heterocycles. The molecule has 4 aliphatic carbocycles. The fourth-order valence-corrected chi connectivity index (χ4v) is 6.65. The van der Waals surface area contributed by atoms with Gasteiger partial charge in [-0.1, -0.05) is 5.21 Å². The zero-order valence-electron chi connectivity index (χ0n) is 17.0. The first-order valence-corrected chi connectivity index (χ1v) is 11.0. The molecule has 30 heavy (non-hydrogen) atoms. The van der Waals surface area contributed by atoms with Gasteiger partial charge < -0.3 is 9.73 Å². The minimum absolute atomic E-state index is 0.113. The van der Waals surface area contributed by atoms with Gasteiger partial charge in [0.2, 0.25) is 0 Å². The average Bonchev–Trinajstić information content (AvgIpc) is 3.43. The van der Waals surface area contributed by atoms with Crippen LogP contribution < -0.4 is 5.32 Å². The number of furan rings is 1. The first-order chi connectivity index (χ1) is 14.7. The maximum absolute atomic E-state index is 12.4. The van der Waals surface area contributed by atoms with Crippen molar-refractivity contribution in [1.82, 2.24) is 20.3 Å². The average molecular weight is 402 g/mol. The molecule has 4 aliphatic rings. The molecule has 0 unspecified atom stereocenters. The van der Waals surface area contributed by atoms with Gasteiger partial charge in [0.05, 0.1) is 30.4 Å². The van der Waals surface area contributed by atoms with E-state index in [4.69, 9.17) is 4.42 Å². The standard InChI is InChI=1S/C24H26N4O2/c29-23(25-14-21-2-1-7-30-21)19-3-5-20(6-4-19)28-22(15-26-27-28)24-11-16-8-17(12-24)10-18(9-16)13-24/h1-7,15-18H,8-14H2,(H,25,29). The van der Waals surface area contributed by atoms with Gasteiger partial charge in [-0.15, -0.1) is 5.10 Å². The number of amides is 1. The first-order valence-electron chi connectivity index (χ1n) is 11.0. The molecule has 4 bridgehead atoms. The van der Waals surface area contributed by atoms with Crippen LogP contribution in [0.3, 0.4) is 0 Å². The van der Waals surface area contributed by atoms with E-state index in [1.807, 2.05) is 47.3 Å². The summed E-state index contributed by atoms with van der Waals surface area (Å²) < 4.78 is 7.28. The van der Waals surface area contributed by atoms with Gasteiger partial charge in [0.1, 0.15) is 5.76 Å². The summed E-state index contributed by atoms with van der Waals surface area (Å²) in [5, 5.41) is 11.6. The molecular weight excluding hydrogens is 376 g/mol. The van der Waals surface area contributed by atoms with E-state index in [0.717, 1.165) is 29.2 Å². The Kier molecular flexibility index (Phi) is 4.08. The molecule has 0 saturated heterocycles. The lowest BCUT2D eigenvalue weighted by molar-refractivity contribution is -0.00828. The van der Waals surface area contributed by atoms with Crippen LogP contribution in [-0.2, 0) is 12.0 Å². The Morgan fingerprint density at radius 3 is 2.40 bits per heavy atom. The second kappa shape index (κ2) is 6.83.